The van der Waals surface area contributed by atoms with Gasteiger partial charge in [-0.2, -0.15) is 13.2 Å². The molecule has 0 aliphatic carbocycles. The topological polar surface area (TPSA) is 49.4 Å². The van der Waals surface area contributed by atoms with Crippen LogP contribution in [0.15, 0.2) is 24.3 Å². The van der Waals surface area contributed by atoms with E-state index < -0.39 is 12.1 Å². The average Bonchev–Trinajstić information content (AvgIpc) is 2.54. The standard InChI is InChI=1S/C16H19F3N2O2/c1-2-11-5-3-4-6-13(11)20-14(22)12-7-9-21(10-8-12)15(23)16(17,18)19/h3-6,12H,2,7-10H2,1H3,(H,20,22). The Labute approximate surface area is 132 Å². The predicted octanol–water partition coefficient (Wildman–Crippen LogP) is 2.99. The molecular weight excluding hydrogens is 309 g/mol. The fraction of sp³-hybridized carbons (Fsp3) is 0.500. The molecule has 1 N–H and O–H groups in total. The third-order valence-corrected chi connectivity index (χ3v) is 4.05. The van der Waals surface area contributed by atoms with Crippen molar-refractivity contribution in [3.63, 3.8) is 0 Å². The molecule has 1 saturated heterocycles. The minimum Gasteiger partial charge on any atom is -0.335 e. The summed E-state index contributed by atoms with van der Waals surface area (Å²) in [5.41, 5.74) is 1.74. The van der Waals surface area contributed by atoms with Crippen LogP contribution in [0.2, 0.25) is 0 Å². The second kappa shape index (κ2) is 7.02. The lowest BCUT2D eigenvalue weighted by Gasteiger charge is -2.31. The molecule has 2 rings (SSSR count). The van der Waals surface area contributed by atoms with Crippen molar-refractivity contribution >= 4 is 17.5 Å². The number of carbonyl (C=O) groups is 2. The molecule has 0 bridgehead atoms. The van der Waals surface area contributed by atoms with Gasteiger partial charge in [0.1, 0.15) is 0 Å². The Morgan fingerprint density at radius 3 is 2.39 bits per heavy atom. The van der Waals surface area contributed by atoms with Crippen LogP contribution in [0.25, 0.3) is 0 Å². The van der Waals surface area contributed by atoms with Crippen LogP contribution < -0.4 is 5.32 Å². The molecule has 1 aromatic rings. The Morgan fingerprint density at radius 2 is 1.83 bits per heavy atom. The van der Waals surface area contributed by atoms with Crippen LogP contribution in [-0.2, 0) is 16.0 Å². The van der Waals surface area contributed by atoms with Crippen molar-refractivity contribution in [2.24, 2.45) is 5.92 Å². The van der Waals surface area contributed by atoms with Crippen LogP contribution in [0, 0.1) is 5.92 Å². The highest BCUT2D eigenvalue weighted by Crippen LogP contribution is 2.25. The SMILES string of the molecule is CCc1ccccc1NC(=O)C1CCN(C(=O)C(F)(F)F)CC1. The van der Waals surface area contributed by atoms with E-state index in [1.807, 2.05) is 25.1 Å². The summed E-state index contributed by atoms with van der Waals surface area (Å²) in [6, 6.07) is 7.42. The number of anilines is 1. The number of hydrogen-bond acceptors (Lipinski definition) is 2. The first kappa shape index (κ1) is 17.3. The van der Waals surface area contributed by atoms with E-state index in [1.54, 1.807) is 6.07 Å². The second-order valence-corrected chi connectivity index (χ2v) is 5.56. The van der Waals surface area contributed by atoms with Gasteiger partial charge in [0, 0.05) is 24.7 Å². The molecule has 1 heterocycles. The van der Waals surface area contributed by atoms with E-state index in [2.05, 4.69) is 5.32 Å². The monoisotopic (exact) mass is 328 g/mol. The van der Waals surface area contributed by atoms with Crippen molar-refractivity contribution in [3.8, 4) is 0 Å². The van der Waals surface area contributed by atoms with Gasteiger partial charge in [0.25, 0.3) is 0 Å². The summed E-state index contributed by atoms with van der Waals surface area (Å²) in [4.78, 5) is 24.2. The highest BCUT2D eigenvalue weighted by atomic mass is 19.4. The summed E-state index contributed by atoms with van der Waals surface area (Å²) in [6.45, 7) is 1.88. The van der Waals surface area contributed by atoms with Gasteiger partial charge >= 0.3 is 12.1 Å². The minimum atomic E-state index is -4.85. The molecule has 23 heavy (non-hydrogen) atoms. The first-order chi connectivity index (χ1) is 10.8. The summed E-state index contributed by atoms with van der Waals surface area (Å²) in [5.74, 6) is -2.41. The molecular formula is C16H19F3N2O2. The summed E-state index contributed by atoms with van der Waals surface area (Å²) in [7, 11) is 0. The van der Waals surface area contributed by atoms with Crippen molar-refractivity contribution < 1.29 is 22.8 Å². The molecule has 0 unspecified atom stereocenters. The predicted molar refractivity (Wildman–Crippen MR) is 79.8 cm³/mol. The Morgan fingerprint density at radius 1 is 1.22 bits per heavy atom. The molecule has 1 aliphatic heterocycles. The first-order valence-corrected chi connectivity index (χ1v) is 7.57. The highest BCUT2D eigenvalue weighted by Gasteiger charge is 2.43. The van der Waals surface area contributed by atoms with Crippen LogP contribution in [0.1, 0.15) is 25.3 Å². The Bertz CT molecular complexity index is 579. The number of likely N-dealkylation sites (tertiary alicyclic amines) is 1. The number of amides is 2. The van der Waals surface area contributed by atoms with Gasteiger partial charge in [0.2, 0.25) is 5.91 Å². The van der Waals surface area contributed by atoms with Crippen molar-refractivity contribution in [2.75, 3.05) is 18.4 Å². The van der Waals surface area contributed by atoms with Gasteiger partial charge in [-0.05, 0) is 30.9 Å². The number of hydrogen-bond donors (Lipinski definition) is 1. The molecule has 126 valence electrons. The second-order valence-electron chi connectivity index (χ2n) is 5.56. The van der Waals surface area contributed by atoms with Gasteiger partial charge < -0.3 is 10.2 Å². The largest absolute Gasteiger partial charge is 0.471 e. The normalized spacial score (nSPS) is 16.3. The van der Waals surface area contributed by atoms with E-state index in [-0.39, 0.29) is 37.8 Å². The zero-order valence-electron chi connectivity index (χ0n) is 12.8. The van der Waals surface area contributed by atoms with Crippen LogP contribution in [-0.4, -0.2) is 36.0 Å². The molecule has 4 nitrogen and oxygen atoms in total. The minimum absolute atomic E-state index is 0.0497. The Hall–Kier alpha value is -2.05. The number of piperidine rings is 1. The van der Waals surface area contributed by atoms with Crippen molar-refractivity contribution in [2.45, 2.75) is 32.4 Å². The van der Waals surface area contributed by atoms with Crippen molar-refractivity contribution in [1.29, 1.82) is 0 Å². The van der Waals surface area contributed by atoms with E-state index in [9.17, 15) is 22.8 Å². The van der Waals surface area contributed by atoms with Crippen LogP contribution in [0.3, 0.4) is 0 Å². The number of nitrogens with zero attached hydrogens (tertiary/aromatic N) is 1. The molecule has 0 spiro atoms. The molecule has 1 fully saturated rings. The number of carbonyl (C=O) groups excluding carboxylic acids is 2. The first-order valence-electron chi connectivity index (χ1n) is 7.57. The fourth-order valence-corrected chi connectivity index (χ4v) is 2.71. The van der Waals surface area contributed by atoms with Gasteiger partial charge in [0.05, 0.1) is 0 Å². The molecule has 7 heteroatoms. The van der Waals surface area contributed by atoms with Crippen molar-refractivity contribution in [3.05, 3.63) is 29.8 Å². The number of aryl methyl sites for hydroxylation is 1. The number of nitrogens with one attached hydrogen (secondary N) is 1. The Kier molecular flexibility index (Phi) is 5.28. The van der Waals surface area contributed by atoms with Crippen LogP contribution in [0.5, 0.6) is 0 Å². The fourth-order valence-electron chi connectivity index (χ4n) is 2.71. The lowest BCUT2D eigenvalue weighted by Crippen LogP contribution is -2.46. The third-order valence-electron chi connectivity index (χ3n) is 4.05. The van der Waals surface area contributed by atoms with E-state index in [0.717, 1.165) is 22.6 Å². The number of halogens is 3. The Balaban J connectivity index is 1.92. The average molecular weight is 328 g/mol. The summed E-state index contributed by atoms with van der Waals surface area (Å²) in [5, 5.41) is 2.84. The zero-order valence-corrected chi connectivity index (χ0v) is 12.8. The maximum Gasteiger partial charge on any atom is 0.471 e. The van der Waals surface area contributed by atoms with E-state index in [0.29, 0.717) is 0 Å². The number of alkyl halides is 3. The lowest BCUT2D eigenvalue weighted by molar-refractivity contribution is -0.186. The van der Waals surface area contributed by atoms with Gasteiger partial charge in [-0.25, -0.2) is 0 Å². The summed E-state index contributed by atoms with van der Waals surface area (Å²) in [6.07, 6.45) is -3.60. The lowest BCUT2D eigenvalue weighted by atomic mass is 9.95. The van der Waals surface area contributed by atoms with Crippen molar-refractivity contribution in [1.82, 2.24) is 4.90 Å². The quantitative estimate of drug-likeness (QED) is 0.927. The van der Waals surface area contributed by atoms with Crippen LogP contribution >= 0.6 is 0 Å². The zero-order chi connectivity index (χ0) is 17.0. The molecule has 0 aromatic heterocycles. The number of rotatable bonds is 3. The maximum atomic E-state index is 12.4. The third kappa shape index (κ3) is 4.24. The molecule has 0 saturated carbocycles. The number of benzene rings is 1. The maximum absolute atomic E-state index is 12.4. The van der Waals surface area contributed by atoms with E-state index in [4.69, 9.17) is 0 Å². The van der Waals surface area contributed by atoms with E-state index >= 15 is 0 Å². The molecule has 1 aliphatic rings. The van der Waals surface area contributed by atoms with E-state index in [1.165, 1.54) is 0 Å². The van der Waals surface area contributed by atoms with Gasteiger partial charge in [-0.3, -0.25) is 9.59 Å². The summed E-state index contributed by atoms with van der Waals surface area (Å²) < 4.78 is 37.2. The summed E-state index contributed by atoms with van der Waals surface area (Å²) >= 11 is 0. The smallest absolute Gasteiger partial charge is 0.335 e. The number of para-hydroxylation sites is 1. The molecule has 0 radical (unpaired) electrons. The molecule has 0 atom stereocenters. The molecule has 1 aromatic carbocycles. The molecule has 2 amide bonds. The van der Waals surface area contributed by atoms with Gasteiger partial charge in [-0.1, -0.05) is 25.1 Å². The highest BCUT2D eigenvalue weighted by molar-refractivity contribution is 5.93. The van der Waals surface area contributed by atoms with Crippen LogP contribution in [0.4, 0.5) is 18.9 Å². The van der Waals surface area contributed by atoms with Gasteiger partial charge in [0.15, 0.2) is 0 Å². The van der Waals surface area contributed by atoms with Gasteiger partial charge in [-0.15, -0.1) is 0 Å².